The fraction of sp³-hybridized carbons (Fsp3) is 0.417. The molecule has 0 fully saturated rings. The largest absolute Gasteiger partial charge is 0.482 e. The molecule has 0 aromatic heterocycles. The third-order valence-corrected chi connectivity index (χ3v) is 2.24. The smallest absolute Gasteiger partial charge is 0.343 e. The molecule has 0 amide bonds. The Labute approximate surface area is 94.8 Å². The second kappa shape index (κ2) is 6.12. The molecule has 0 bridgehead atoms. The van der Waals surface area contributed by atoms with Gasteiger partial charge < -0.3 is 14.6 Å². The van der Waals surface area contributed by atoms with Gasteiger partial charge in [0, 0.05) is 0 Å². The Bertz CT molecular complexity index is 331. The standard InChI is InChI=1S/C12H16O4/c1-3-11(13)9-4-6-10(7-5-9)16-8-12(14)15-2/h4-7,11,13H,3,8H2,1-2H3/t11-/m1/s1. The predicted octanol–water partition coefficient (Wildman–Crippen LogP) is 1.68. The van der Waals surface area contributed by atoms with Crippen LogP contribution >= 0.6 is 0 Å². The lowest BCUT2D eigenvalue weighted by molar-refractivity contribution is -0.142. The molecule has 1 atom stereocenters. The van der Waals surface area contributed by atoms with Crippen LogP contribution in [0.1, 0.15) is 25.0 Å². The van der Waals surface area contributed by atoms with Crippen LogP contribution in [0.3, 0.4) is 0 Å². The van der Waals surface area contributed by atoms with Crippen molar-refractivity contribution in [1.82, 2.24) is 0 Å². The summed E-state index contributed by atoms with van der Waals surface area (Å²) in [5.41, 5.74) is 0.841. The van der Waals surface area contributed by atoms with Crippen molar-refractivity contribution in [2.45, 2.75) is 19.4 Å². The Morgan fingerprint density at radius 2 is 2.00 bits per heavy atom. The molecule has 1 rings (SSSR count). The summed E-state index contributed by atoms with van der Waals surface area (Å²) in [6, 6.07) is 7.00. The molecule has 0 spiro atoms. The lowest BCUT2D eigenvalue weighted by atomic mass is 10.1. The summed E-state index contributed by atoms with van der Waals surface area (Å²) in [5, 5.41) is 9.56. The highest BCUT2D eigenvalue weighted by molar-refractivity contribution is 5.70. The number of carbonyl (C=O) groups is 1. The van der Waals surface area contributed by atoms with E-state index in [4.69, 9.17) is 4.74 Å². The SMILES string of the molecule is CC[C@@H](O)c1ccc(OCC(=O)OC)cc1. The van der Waals surface area contributed by atoms with Gasteiger partial charge in [0.2, 0.25) is 0 Å². The number of aliphatic hydroxyl groups is 1. The molecule has 0 aliphatic heterocycles. The number of benzene rings is 1. The van der Waals surface area contributed by atoms with Crippen molar-refractivity contribution in [3.8, 4) is 5.75 Å². The zero-order valence-electron chi connectivity index (χ0n) is 9.47. The Hall–Kier alpha value is -1.55. The number of rotatable bonds is 5. The van der Waals surface area contributed by atoms with E-state index in [1.54, 1.807) is 24.3 Å². The van der Waals surface area contributed by atoms with Gasteiger partial charge in [-0.2, -0.15) is 0 Å². The van der Waals surface area contributed by atoms with Crippen LogP contribution in [-0.2, 0) is 9.53 Å². The second-order valence-electron chi connectivity index (χ2n) is 3.36. The van der Waals surface area contributed by atoms with Crippen LogP contribution in [0, 0.1) is 0 Å². The van der Waals surface area contributed by atoms with Crippen LogP contribution in [-0.4, -0.2) is 24.8 Å². The molecule has 1 N–H and O–H groups in total. The third-order valence-electron chi connectivity index (χ3n) is 2.24. The minimum atomic E-state index is -0.449. The average Bonchev–Trinajstić information content (AvgIpc) is 2.35. The number of hydrogen-bond acceptors (Lipinski definition) is 4. The number of ether oxygens (including phenoxy) is 2. The average molecular weight is 224 g/mol. The van der Waals surface area contributed by atoms with Crippen molar-refractivity contribution in [3.63, 3.8) is 0 Å². The summed E-state index contributed by atoms with van der Waals surface area (Å²) in [6.07, 6.45) is 0.220. The lowest BCUT2D eigenvalue weighted by Crippen LogP contribution is -2.12. The number of aliphatic hydroxyl groups excluding tert-OH is 1. The molecule has 1 aromatic carbocycles. The summed E-state index contributed by atoms with van der Waals surface area (Å²) in [4.78, 5) is 10.8. The van der Waals surface area contributed by atoms with Gasteiger partial charge in [0.05, 0.1) is 13.2 Å². The van der Waals surface area contributed by atoms with Crippen molar-refractivity contribution in [2.24, 2.45) is 0 Å². The van der Waals surface area contributed by atoms with E-state index < -0.39 is 12.1 Å². The maximum absolute atomic E-state index is 10.8. The molecule has 4 nitrogen and oxygen atoms in total. The first-order valence-corrected chi connectivity index (χ1v) is 5.15. The zero-order chi connectivity index (χ0) is 12.0. The Morgan fingerprint density at radius 3 is 2.50 bits per heavy atom. The van der Waals surface area contributed by atoms with Gasteiger partial charge in [-0.25, -0.2) is 4.79 Å². The quantitative estimate of drug-likeness (QED) is 0.773. The summed E-state index contributed by atoms with van der Waals surface area (Å²) < 4.78 is 9.62. The van der Waals surface area contributed by atoms with E-state index in [1.165, 1.54) is 7.11 Å². The topological polar surface area (TPSA) is 55.8 Å². The van der Waals surface area contributed by atoms with Crippen LogP contribution in [0.2, 0.25) is 0 Å². The first kappa shape index (κ1) is 12.5. The van der Waals surface area contributed by atoms with E-state index >= 15 is 0 Å². The Balaban J connectivity index is 2.54. The van der Waals surface area contributed by atoms with Gasteiger partial charge >= 0.3 is 5.97 Å². The van der Waals surface area contributed by atoms with E-state index in [2.05, 4.69) is 4.74 Å². The monoisotopic (exact) mass is 224 g/mol. The molecule has 4 heteroatoms. The highest BCUT2D eigenvalue weighted by Crippen LogP contribution is 2.19. The number of carbonyl (C=O) groups excluding carboxylic acids is 1. The first-order valence-electron chi connectivity index (χ1n) is 5.15. The van der Waals surface area contributed by atoms with Gasteiger partial charge in [-0.1, -0.05) is 19.1 Å². The summed E-state index contributed by atoms with van der Waals surface area (Å²) >= 11 is 0. The molecule has 0 heterocycles. The number of esters is 1. The molecular formula is C12H16O4. The molecule has 0 saturated carbocycles. The molecule has 0 aliphatic rings. The van der Waals surface area contributed by atoms with Crippen molar-refractivity contribution in [3.05, 3.63) is 29.8 Å². The summed E-state index contributed by atoms with van der Waals surface area (Å²) in [7, 11) is 1.31. The first-order chi connectivity index (χ1) is 7.67. The molecule has 16 heavy (non-hydrogen) atoms. The van der Waals surface area contributed by atoms with Gasteiger partial charge in [-0.05, 0) is 24.1 Å². The van der Waals surface area contributed by atoms with Crippen LogP contribution < -0.4 is 4.74 Å². The molecule has 0 radical (unpaired) electrons. The van der Waals surface area contributed by atoms with Crippen LogP contribution in [0.25, 0.3) is 0 Å². The van der Waals surface area contributed by atoms with Gasteiger partial charge in [-0.15, -0.1) is 0 Å². The van der Waals surface area contributed by atoms with E-state index in [9.17, 15) is 9.90 Å². The van der Waals surface area contributed by atoms with Crippen LogP contribution in [0.4, 0.5) is 0 Å². The minimum Gasteiger partial charge on any atom is -0.482 e. The molecule has 0 aliphatic carbocycles. The van der Waals surface area contributed by atoms with Gasteiger partial charge in [0.1, 0.15) is 5.75 Å². The molecule has 88 valence electrons. The normalized spacial score (nSPS) is 11.9. The maximum Gasteiger partial charge on any atom is 0.343 e. The van der Waals surface area contributed by atoms with E-state index in [1.807, 2.05) is 6.92 Å². The van der Waals surface area contributed by atoms with Crippen LogP contribution in [0.5, 0.6) is 5.75 Å². The third kappa shape index (κ3) is 3.55. The van der Waals surface area contributed by atoms with Crippen LogP contribution in [0.15, 0.2) is 24.3 Å². The second-order valence-corrected chi connectivity index (χ2v) is 3.36. The highest BCUT2D eigenvalue weighted by Gasteiger charge is 2.05. The highest BCUT2D eigenvalue weighted by atomic mass is 16.6. The molecule has 0 saturated heterocycles. The van der Waals surface area contributed by atoms with E-state index in [0.717, 1.165) is 5.56 Å². The fourth-order valence-electron chi connectivity index (χ4n) is 1.22. The zero-order valence-corrected chi connectivity index (χ0v) is 9.47. The molecular weight excluding hydrogens is 208 g/mol. The Morgan fingerprint density at radius 1 is 1.38 bits per heavy atom. The van der Waals surface area contributed by atoms with Crippen molar-refractivity contribution >= 4 is 5.97 Å². The van der Waals surface area contributed by atoms with Crippen molar-refractivity contribution in [1.29, 1.82) is 0 Å². The van der Waals surface area contributed by atoms with Crippen molar-refractivity contribution < 1.29 is 19.4 Å². The Kier molecular flexibility index (Phi) is 4.79. The maximum atomic E-state index is 10.8. The molecule has 1 aromatic rings. The molecule has 0 unspecified atom stereocenters. The van der Waals surface area contributed by atoms with E-state index in [-0.39, 0.29) is 6.61 Å². The summed E-state index contributed by atoms with van der Waals surface area (Å²) in [5.74, 6) is 0.162. The van der Waals surface area contributed by atoms with Crippen molar-refractivity contribution in [2.75, 3.05) is 13.7 Å². The summed E-state index contributed by atoms with van der Waals surface area (Å²) in [6.45, 7) is 1.80. The van der Waals surface area contributed by atoms with Gasteiger partial charge in [0.25, 0.3) is 0 Å². The number of methoxy groups -OCH3 is 1. The predicted molar refractivity (Wildman–Crippen MR) is 59.2 cm³/mol. The van der Waals surface area contributed by atoms with Gasteiger partial charge in [-0.3, -0.25) is 0 Å². The number of hydrogen-bond donors (Lipinski definition) is 1. The fourth-order valence-corrected chi connectivity index (χ4v) is 1.22. The minimum absolute atomic E-state index is 0.105. The van der Waals surface area contributed by atoms with Gasteiger partial charge in [0.15, 0.2) is 6.61 Å². The van der Waals surface area contributed by atoms with E-state index in [0.29, 0.717) is 12.2 Å². The lowest BCUT2D eigenvalue weighted by Gasteiger charge is -2.09.